The lowest BCUT2D eigenvalue weighted by Gasteiger charge is -2.43. The predicted octanol–water partition coefficient (Wildman–Crippen LogP) is 1.60. The standard InChI is InChI=1S/C21H25N5O2/c22-8-3-5-19(27)26-12-16(13-26)20(14-6-7-14)25-18-10-15(11-24-21(18)28)17-4-1-2-9-23-17/h1-5,9-11,14,16,20,25H,6-8,12-13,22H2,(H,24,28)/b5-3+. The summed E-state index contributed by atoms with van der Waals surface area (Å²) in [5.41, 5.74) is 7.52. The molecular formula is C21H25N5O2. The number of aromatic amines is 1. The molecule has 4 rings (SSSR count). The molecule has 28 heavy (non-hydrogen) atoms. The van der Waals surface area contributed by atoms with Gasteiger partial charge in [0.05, 0.1) is 5.69 Å². The third-order valence-corrected chi connectivity index (χ3v) is 5.44. The van der Waals surface area contributed by atoms with E-state index in [4.69, 9.17) is 5.73 Å². The number of nitrogens with two attached hydrogens (primary N) is 1. The molecule has 2 aromatic heterocycles. The number of likely N-dealkylation sites (tertiary alicyclic amines) is 1. The number of rotatable bonds is 7. The van der Waals surface area contributed by atoms with Crippen LogP contribution in [0.4, 0.5) is 5.69 Å². The molecule has 2 fully saturated rings. The van der Waals surface area contributed by atoms with Crippen LogP contribution in [-0.2, 0) is 4.79 Å². The minimum absolute atomic E-state index is 0.00578. The number of hydrogen-bond acceptors (Lipinski definition) is 5. The first-order chi connectivity index (χ1) is 13.7. The van der Waals surface area contributed by atoms with Crippen LogP contribution in [-0.4, -0.2) is 46.5 Å². The Bertz CT molecular complexity index is 914. The van der Waals surface area contributed by atoms with Gasteiger partial charge < -0.3 is 20.9 Å². The van der Waals surface area contributed by atoms with Gasteiger partial charge in [-0.2, -0.15) is 0 Å². The first-order valence-corrected chi connectivity index (χ1v) is 9.72. The van der Waals surface area contributed by atoms with Gasteiger partial charge in [0.1, 0.15) is 5.69 Å². The van der Waals surface area contributed by atoms with Crippen molar-refractivity contribution < 1.29 is 4.79 Å². The molecule has 0 spiro atoms. The molecular weight excluding hydrogens is 354 g/mol. The molecule has 1 saturated carbocycles. The Labute approximate surface area is 163 Å². The number of nitrogens with one attached hydrogen (secondary N) is 2. The van der Waals surface area contributed by atoms with E-state index in [1.165, 1.54) is 6.08 Å². The number of amides is 1. The molecule has 7 nitrogen and oxygen atoms in total. The highest BCUT2D eigenvalue weighted by molar-refractivity contribution is 5.88. The van der Waals surface area contributed by atoms with Crippen molar-refractivity contribution in [3.8, 4) is 11.3 Å². The average molecular weight is 379 g/mol. The van der Waals surface area contributed by atoms with Crippen LogP contribution in [0.5, 0.6) is 0 Å². The van der Waals surface area contributed by atoms with E-state index in [0.717, 1.165) is 24.1 Å². The summed E-state index contributed by atoms with van der Waals surface area (Å²) in [4.78, 5) is 33.4. The van der Waals surface area contributed by atoms with Crippen LogP contribution in [0.1, 0.15) is 12.8 Å². The number of hydrogen-bond donors (Lipinski definition) is 3. The van der Waals surface area contributed by atoms with E-state index in [2.05, 4.69) is 15.3 Å². The fourth-order valence-electron chi connectivity index (χ4n) is 3.72. The first kappa shape index (κ1) is 18.4. The molecule has 1 saturated heterocycles. The van der Waals surface area contributed by atoms with Gasteiger partial charge in [-0.25, -0.2) is 0 Å². The molecule has 1 unspecified atom stereocenters. The lowest BCUT2D eigenvalue weighted by atomic mass is 9.88. The van der Waals surface area contributed by atoms with E-state index < -0.39 is 0 Å². The summed E-state index contributed by atoms with van der Waals surface area (Å²) in [5, 5.41) is 3.48. The molecule has 146 valence electrons. The fourth-order valence-corrected chi connectivity index (χ4v) is 3.72. The maximum absolute atomic E-state index is 12.4. The van der Waals surface area contributed by atoms with Gasteiger partial charge >= 0.3 is 0 Å². The normalized spacial score (nSPS) is 18.1. The SMILES string of the molecule is NC/C=C/C(=O)N1CC(C(Nc2cc(-c3ccccn3)c[nH]c2=O)C2CC2)C1. The van der Waals surface area contributed by atoms with Crippen LogP contribution in [0.2, 0.25) is 0 Å². The van der Waals surface area contributed by atoms with Crippen molar-refractivity contribution >= 4 is 11.6 Å². The van der Waals surface area contributed by atoms with Crippen molar-refractivity contribution in [2.45, 2.75) is 18.9 Å². The zero-order chi connectivity index (χ0) is 19.5. The van der Waals surface area contributed by atoms with E-state index in [1.807, 2.05) is 29.2 Å². The molecule has 2 aromatic rings. The third-order valence-electron chi connectivity index (χ3n) is 5.44. The Balaban J connectivity index is 1.47. The molecule has 1 amide bonds. The maximum atomic E-state index is 12.4. The van der Waals surface area contributed by atoms with Gasteiger partial charge in [-0.15, -0.1) is 0 Å². The van der Waals surface area contributed by atoms with E-state index in [-0.39, 0.29) is 17.5 Å². The number of pyridine rings is 2. The summed E-state index contributed by atoms with van der Waals surface area (Å²) in [6.45, 7) is 1.78. The van der Waals surface area contributed by atoms with Crippen LogP contribution >= 0.6 is 0 Å². The summed E-state index contributed by atoms with van der Waals surface area (Å²) in [6, 6.07) is 7.76. The Morgan fingerprint density at radius 2 is 2.18 bits per heavy atom. The van der Waals surface area contributed by atoms with Crippen molar-refractivity contribution in [3.63, 3.8) is 0 Å². The number of carbonyl (C=O) groups excluding carboxylic acids is 1. The zero-order valence-corrected chi connectivity index (χ0v) is 15.7. The van der Waals surface area contributed by atoms with Gasteiger partial charge in [0, 0.05) is 55.6 Å². The van der Waals surface area contributed by atoms with Crippen molar-refractivity contribution in [3.05, 3.63) is 59.2 Å². The van der Waals surface area contributed by atoms with Gasteiger partial charge in [0.15, 0.2) is 0 Å². The highest BCUT2D eigenvalue weighted by atomic mass is 16.2. The molecule has 2 aliphatic rings. The van der Waals surface area contributed by atoms with E-state index in [9.17, 15) is 9.59 Å². The number of nitrogens with zero attached hydrogens (tertiary/aromatic N) is 2. The second kappa shape index (κ2) is 7.98. The van der Waals surface area contributed by atoms with Crippen molar-refractivity contribution in [2.24, 2.45) is 17.6 Å². The summed E-state index contributed by atoms with van der Waals surface area (Å²) in [6.07, 6.45) is 8.96. The van der Waals surface area contributed by atoms with Crippen molar-refractivity contribution in [1.82, 2.24) is 14.9 Å². The van der Waals surface area contributed by atoms with E-state index in [0.29, 0.717) is 37.2 Å². The minimum atomic E-state index is -0.136. The molecule has 1 aliphatic carbocycles. The summed E-state index contributed by atoms with van der Waals surface area (Å²) in [7, 11) is 0. The predicted molar refractivity (Wildman–Crippen MR) is 109 cm³/mol. The molecule has 0 bridgehead atoms. The smallest absolute Gasteiger partial charge is 0.271 e. The highest BCUT2D eigenvalue weighted by Crippen LogP contribution is 2.40. The highest BCUT2D eigenvalue weighted by Gasteiger charge is 2.43. The Hall–Kier alpha value is -2.93. The van der Waals surface area contributed by atoms with Crippen molar-refractivity contribution in [2.75, 3.05) is 25.0 Å². The van der Waals surface area contributed by atoms with Crippen molar-refractivity contribution in [1.29, 1.82) is 0 Å². The van der Waals surface area contributed by atoms with Crippen LogP contribution < -0.4 is 16.6 Å². The van der Waals surface area contributed by atoms with Crippen LogP contribution in [0.3, 0.4) is 0 Å². The molecule has 4 N–H and O–H groups in total. The van der Waals surface area contributed by atoms with Gasteiger partial charge in [-0.05, 0) is 37.0 Å². The van der Waals surface area contributed by atoms with E-state index in [1.54, 1.807) is 18.5 Å². The molecule has 1 aliphatic heterocycles. The summed E-state index contributed by atoms with van der Waals surface area (Å²) >= 11 is 0. The second-order valence-electron chi connectivity index (χ2n) is 7.50. The monoisotopic (exact) mass is 379 g/mol. The number of aromatic nitrogens is 2. The van der Waals surface area contributed by atoms with Gasteiger partial charge in [-0.3, -0.25) is 14.6 Å². The Morgan fingerprint density at radius 3 is 2.86 bits per heavy atom. The molecule has 3 heterocycles. The topological polar surface area (TPSA) is 104 Å². The summed E-state index contributed by atoms with van der Waals surface area (Å²) in [5.74, 6) is 0.909. The van der Waals surface area contributed by atoms with Crippen LogP contribution in [0, 0.1) is 11.8 Å². The maximum Gasteiger partial charge on any atom is 0.271 e. The largest absolute Gasteiger partial charge is 0.377 e. The number of H-pyrrole nitrogens is 1. The lowest BCUT2D eigenvalue weighted by molar-refractivity contribution is -0.132. The molecule has 7 heteroatoms. The fraction of sp³-hybridized carbons (Fsp3) is 0.381. The number of carbonyl (C=O) groups is 1. The third kappa shape index (κ3) is 3.99. The average Bonchev–Trinajstić information content (AvgIpc) is 3.51. The van der Waals surface area contributed by atoms with E-state index >= 15 is 0 Å². The second-order valence-corrected chi connectivity index (χ2v) is 7.50. The summed E-state index contributed by atoms with van der Waals surface area (Å²) < 4.78 is 0. The lowest BCUT2D eigenvalue weighted by Crippen LogP contribution is -2.56. The van der Waals surface area contributed by atoms with Gasteiger partial charge in [0.2, 0.25) is 5.91 Å². The first-order valence-electron chi connectivity index (χ1n) is 9.72. The zero-order valence-electron chi connectivity index (χ0n) is 15.7. The number of anilines is 1. The van der Waals surface area contributed by atoms with Crippen LogP contribution in [0.15, 0.2) is 53.6 Å². The van der Waals surface area contributed by atoms with Gasteiger partial charge in [0.25, 0.3) is 5.56 Å². The van der Waals surface area contributed by atoms with Crippen LogP contribution in [0.25, 0.3) is 11.3 Å². The quantitative estimate of drug-likeness (QED) is 0.634. The Kier molecular flexibility index (Phi) is 5.25. The minimum Gasteiger partial charge on any atom is -0.377 e. The molecule has 1 atom stereocenters. The molecule has 0 aromatic carbocycles. The Morgan fingerprint density at radius 1 is 1.36 bits per heavy atom. The molecule has 0 radical (unpaired) electrons. The van der Waals surface area contributed by atoms with Gasteiger partial charge in [-0.1, -0.05) is 12.1 Å².